The number of rotatable bonds is 3. The Balaban J connectivity index is 1.38. The number of hydrogen-bond donors (Lipinski definition) is 1. The van der Waals surface area contributed by atoms with Crippen molar-refractivity contribution in [1.29, 1.82) is 0 Å². The van der Waals surface area contributed by atoms with Gasteiger partial charge in [0.15, 0.2) is 0 Å². The minimum Gasteiger partial charge on any atom is -0.342 e. The highest BCUT2D eigenvalue weighted by Gasteiger charge is 2.24. The number of likely N-dealkylation sites (tertiary alicyclic amines) is 1. The summed E-state index contributed by atoms with van der Waals surface area (Å²) in [7, 11) is 0. The molecule has 1 N–H and O–H groups in total. The summed E-state index contributed by atoms with van der Waals surface area (Å²) in [6.07, 6.45) is 5.13. The molecule has 1 aliphatic rings. The van der Waals surface area contributed by atoms with Crippen molar-refractivity contribution < 1.29 is 4.79 Å². The maximum Gasteiger partial charge on any atom is 0.246 e. The van der Waals surface area contributed by atoms with E-state index in [0.717, 1.165) is 48.4 Å². The van der Waals surface area contributed by atoms with Gasteiger partial charge in [0.2, 0.25) is 5.91 Å². The van der Waals surface area contributed by atoms with Crippen LogP contribution >= 0.6 is 23.2 Å². The van der Waals surface area contributed by atoms with Gasteiger partial charge in [0.05, 0.1) is 11.0 Å². The molecule has 0 saturated carbocycles. The van der Waals surface area contributed by atoms with Crippen molar-refractivity contribution in [3.63, 3.8) is 0 Å². The third kappa shape index (κ3) is 4.02. The Kier molecular flexibility index (Phi) is 5.19. The van der Waals surface area contributed by atoms with Crippen LogP contribution in [0.2, 0.25) is 10.0 Å². The summed E-state index contributed by atoms with van der Waals surface area (Å²) in [5, 5.41) is 1.12. The van der Waals surface area contributed by atoms with Crippen LogP contribution < -0.4 is 0 Å². The van der Waals surface area contributed by atoms with Gasteiger partial charge in [-0.15, -0.1) is 0 Å². The maximum atomic E-state index is 12.5. The van der Waals surface area contributed by atoms with Crippen LogP contribution in [0.15, 0.2) is 48.5 Å². The molecule has 0 atom stereocenters. The fraction of sp³-hybridized carbons (Fsp3) is 0.238. The summed E-state index contributed by atoms with van der Waals surface area (Å²) in [4.78, 5) is 22.5. The number of aromatic nitrogens is 2. The Bertz CT molecular complexity index is 971. The Morgan fingerprint density at radius 3 is 2.67 bits per heavy atom. The lowest BCUT2D eigenvalue weighted by Gasteiger charge is -2.30. The zero-order chi connectivity index (χ0) is 18.8. The van der Waals surface area contributed by atoms with Gasteiger partial charge in [-0.1, -0.05) is 41.4 Å². The molecule has 1 aromatic heterocycles. The first kappa shape index (κ1) is 18.1. The fourth-order valence-electron chi connectivity index (χ4n) is 3.44. The minimum atomic E-state index is 0.00377. The van der Waals surface area contributed by atoms with Crippen LogP contribution in [0.25, 0.3) is 17.1 Å². The number of nitrogens with one attached hydrogen (secondary N) is 1. The maximum absolute atomic E-state index is 12.5. The van der Waals surface area contributed by atoms with Gasteiger partial charge in [0.25, 0.3) is 0 Å². The summed E-state index contributed by atoms with van der Waals surface area (Å²) >= 11 is 12.0. The van der Waals surface area contributed by atoms with E-state index in [2.05, 4.69) is 4.98 Å². The standard InChI is InChI=1S/C21H19Cl2N3O/c22-16-7-5-14(17(23)13-16)6-8-20(27)26-11-9-15(10-12-26)21-24-18-3-1-2-4-19(18)25-21/h1-8,13,15H,9-12H2,(H,24,25). The van der Waals surface area contributed by atoms with Gasteiger partial charge in [0, 0.05) is 35.1 Å². The molecule has 27 heavy (non-hydrogen) atoms. The number of carbonyl (C=O) groups is 1. The summed E-state index contributed by atoms with van der Waals surface area (Å²) < 4.78 is 0. The van der Waals surface area contributed by atoms with Gasteiger partial charge >= 0.3 is 0 Å². The highest BCUT2D eigenvalue weighted by molar-refractivity contribution is 6.35. The smallest absolute Gasteiger partial charge is 0.246 e. The number of para-hydroxylation sites is 2. The van der Waals surface area contributed by atoms with Gasteiger partial charge in [-0.2, -0.15) is 0 Å². The molecule has 138 valence electrons. The number of amides is 1. The van der Waals surface area contributed by atoms with E-state index in [1.165, 1.54) is 0 Å². The molecule has 6 heteroatoms. The van der Waals surface area contributed by atoms with E-state index in [1.54, 1.807) is 24.3 Å². The lowest BCUT2D eigenvalue weighted by atomic mass is 9.96. The van der Waals surface area contributed by atoms with E-state index in [0.29, 0.717) is 16.0 Å². The molecule has 1 aliphatic heterocycles. The van der Waals surface area contributed by atoms with Crippen LogP contribution in [0.4, 0.5) is 0 Å². The monoisotopic (exact) mass is 399 g/mol. The summed E-state index contributed by atoms with van der Waals surface area (Å²) in [5.74, 6) is 1.38. The van der Waals surface area contributed by atoms with Crippen LogP contribution in [0.3, 0.4) is 0 Å². The highest BCUT2D eigenvalue weighted by atomic mass is 35.5. The average Bonchev–Trinajstić information content (AvgIpc) is 3.11. The second-order valence-electron chi connectivity index (χ2n) is 6.74. The molecule has 0 radical (unpaired) electrons. The summed E-state index contributed by atoms with van der Waals surface area (Å²) in [5.41, 5.74) is 2.84. The van der Waals surface area contributed by atoms with E-state index in [9.17, 15) is 4.79 Å². The number of fused-ring (bicyclic) bond motifs is 1. The molecule has 0 unspecified atom stereocenters. The summed E-state index contributed by atoms with van der Waals surface area (Å²) in [6, 6.07) is 13.3. The number of carbonyl (C=O) groups excluding carboxylic acids is 1. The van der Waals surface area contributed by atoms with Gasteiger partial charge in [0.1, 0.15) is 5.82 Å². The molecule has 1 amide bonds. The predicted molar refractivity (Wildman–Crippen MR) is 110 cm³/mol. The Hall–Kier alpha value is -2.30. The van der Waals surface area contributed by atoms with Crippen LogP contribution in [-0.2, 0) is 4.79 Å². The zero-order valence-electron chi connectivity index (χ0n) is 14.7. The van der Waals surface area contributed by atoms with Gasteiger partial charge in [-0.05, 0) is 48.7 Å². The predicted octanol–water partition coefficient (Wildman–Crippen LogP) is 5.29. The number of aromatic amines is 1. The van der Waals surface area contributed by atoms with Crippen LogP contribution in [0, 0.1) is 0 Å². The van der Waals surface area contributed by atoms with E-state index < -0.39 is 0 Å². The first-order chi connectivity index (χ1) is 13.1. The number of hydrogen-bond acceptors (Lipinski definition) is 2. The number of H-pyrrole nitrogens is 1. The van der Waals surface area contributed by atoms with Crippen molar-refractivity contribution in [1.82, 2.24) is 14.9 Å². The van der Waals surface area contributed by atoms with Gasteiger partial charge < -0.3 is 9.88 Å². The first-order valence-corrected chi connectivity index (χ1v) is 9.72. The quantitative estimate of drug-likeness (QED) is 0.608. The van der Waals surface area contributed by atoms with Gasteiger partial charge in [-0.3, -0.25) is 4.79 Å². The van der Waals surface area contributed by atoms with Crippen molar-refractivity contribution in [2.45, 2.75) is 18.8 Å². The van der Waals surface area contributed by atoms with Crippen LogP contribution in [-0.4, -0.2) is 33.9 Å². The van der Waals surface area contributed by atoms with Crippen LogP contribution in [0.5, 0.6) is 0 Å². The largest absolute Gasteiger partial charge is 0.342 e. The molecular formula is C21H19Cl2N3O. The van der Waals surface area contributed by atoms with Crippen molar-refractivity contribution in [3.8, 4) is 0 Å². The molecule has 4 nitrogen and oxygen atoms in total. The summed E-state index contributed by atoms with van der Waals surface area (Å²) in [6.45, 7) is 1.44. The number of piperidine rings is 1. The molecule has 3 aromatic rings. The first-order valence-electron chi connectivity index (χ1n) is 8.97. The molecule has 2 heterocycles. The minimum absolute atomic E-state index is 0.00377. The number of nitrogens with zero attached hydrogens (tertiary/aromatic N) is 2. The molecule has 4 rings (SSSR count). The lowest BCUT2D eigenvalue weighted by molar-refractivity contribution is -0.127. The average molecular weight is 400 g/mol. The molecule has 2 aromatic carbocycles. The second-order valence-corrected chi connectivity index (χ2v) is 7.58. The molecular weight excluding hydrogens is 381 g/mol. The van der Waals surface area contributed by atoms with E-state index in [1.807, 2.05) is 35.2 Å². The Morgan fingerprint density at radius 2 is 1.93 bits per heavy atom. The van der Waals surface area contributed by atoms with Crippen molar-refractivity contribution in [2.24, 2.45) is 0 Å². The number of benzene rings is 2. The third-order valence-corrected chi connectivity index (χ3v) is 5.53. The molecule has 1 saturated heterocycles. The van der Waals surface area contributed by atoms with Crippen molar-refractivity contribution in [2.75, 3.05) is 13.1 Å². The molecule has 0 aliphatic carbocycles. The van der Waals surface area contributed by atoms with E-state index >= 15 is 0 Å². The van der Waals surface area contributed by atoms with Crippen molar-refractivity contribution >= 4 is 46.2 Å². The Labute approximate surface area is 167 Å². The third-order valence-electron chi connectivity index (χ3n) is 4.97. The van der Waals surface area contributed by atoms with Crippen LogP contribution in [0.1, 0.15) is 30.1 Å². The molecule has 0 spiro atoms. The fourth-order valence-corrected chi connectivity index (χ4v) is 3.91. The van der Waals surface area contributed by atoms with E-state index in [-0.39, 0.29) is 5.91 Å². The Morgan fingerprint density at radius 1 is 1.15 bits per heavy atom. The lowest BCUT2D eigenvalue weighted by Crippen LogP contribution is -2.37. The molecule has 0 bridgehead atoms. The zero-order valence-corrected chi connectivity index (χ0v) is 16.2. The number of halogens is 2. The SMILES string of the molecule is O=C(C=Cc1ccc(Cl)cc1Cl)N1CCC(c2nc3ccccc3[nH]2)CC1. The van der Waals surface area contributed by atoms with Crippen molar-refractivity contribution in [3.05, 3.63) is 70.0 Å². The number of imidazole rings is 1. The van der Waals surface area contributed by atoms with E-state index in [4.69, 9.17) is 28.2 Å². The second kappa shape index (κ2) is 7.75. The normalized spacial score (nSPS) is 15.7. The highest BCUT2D eigenvalue weighted by Crippen LogP contribution is 2.28. The molecule has 1 fully saturated rings. The van der Waals surface area contributed by atoms with Gasteiger partial charge in [-0.25, -0.2) is 4.98 Å². The topological polar surface area (TPSA) is 49.0 Å².